The van der Waals surface area contributed by atoms with Gasteiger partial charge in [-0.25, -0.2) is 9.59 Å². The number of ether oxygens (including phenoxy) is 1. The average Bonchev–Trinajstić information content (AvgIpc) is 3.14. The summed E-state index contributed by atoms with van der Waals surface area (Å²) in [4.78, 5) is 36.3. The van der Waals surface area contributed by atoms with Gasteiger partial charge in [-0.15, -0.1) is 0 Å². The first-order valence-electron chi connectivity index (χ1n) is 11.6. The molecule has 174 valence electrons. The number of benzene rings is 2. The first kappa shape index (κ1) is 22.8. The van der Waals surface area contributed by atoms with Gasteiger partial charge in [-0.1, -0.05) is 61.9 Å². The highest BCUT2D eigenvalue weighted by atomic mass is 16.5. The number of amides is 2. The molecule has 1 fully saturated rings. The molecule has 0 radical (unpaired) electrons. The number of aliphatic carboxylic acids is 1. The molecule has 33 heavy (non-hydrogen) atoms. The van der Waals surface area contributed by atoms with Gasteiger partial charge in [-0.2, -0.15) is 0 Å². The maximum Gasteiger partial charge on any atom is 0.407 e. The van der Waals surface area contributed by atoms with Gasteiger partial charge >= 0.3 is 12.1 Å². The summed E-state index contributed by atoms with van der Waals surface area (Å²) in [5, 5.41) is 14.7. The van der Waals surface area contributed by atoms with Gasteiger partial charge in [0.25, 0.3) is 0 Å². The van der Waals surface area contributed by atoms with Crippen LogP contribution in [0, 0.1) is 5.92 Å². The third kappa shape index (κ3) is 5.02. The van der Waals surface area contributed by atoms with E-state index in [2.05, 4.69) is 34.9 Å². The van der Waals surface area contributed by atoms with E-state index in [0.717, 1.165) is 24.0 Å². The molecule has 0 unspecified atom stereocenters. The van der Waals surface area contributed by atoms with E-state index in [9.17, 15) is 19.5 Å². The van der Waals surface area contributed by atoms with Crippen molar-refractivity contribution in [3.8, 4) is 11.1 Å². The maximum atomic E-state index is 12.6. The molecule has 0 aromatic heterocycles. The quantitative estimate of drug-likeness (QED) is 0.590. The van der Waals surface area contributed by atoms with Crippen LogP contribution in [0.1, 0.15) is 56.1 Å². The van der Waals surface area contributed by atoms with Crippen LogP contribution in [-0.2, 0) is 14.3 Å². The molecular weight excluding hydrogens is 420 g/mol. The van der Waals surface area contributed by atoms with E-state index in [1.54, 1.807) is 6.92 Å². The standard InChI is InChI=1S/C26H30N2O5/c1-2-23(25(30)31)28-24(29)16-8-7-9-17(14-16)27-26(32)33-15-22-20-12-5-3-10-18(20)19-11-4-6-13-21(19)22/h3-6,10-13,16-17,22-23H,2,7-9,14-15H2,1H3,(H,27,32)(H,28,29)(H,30,31)/t16-,17+,23-/m1/s1. The van der Waals surface area contributed by atoms with Crippen molar-refractivity contribution in [2.75, 3.05) is 6.61 Å². The molecule has 2 aromatic carbocycles. The Morgan fingerprint density at radius 2 is 1.67 bits per heavy atom. The molecule has 2 amide bonds. The second kappa shape index (κ2) is 10.1. The minimum absolute atomic E-state index is 0.00460. The minimum atomic E-state index is -1.03. The molecule has 0 heterocycles. The van der Waals surface area contributed by atoms with Crippen LogP contribution in [0.5, 0.6) is 0 Å². The Kier molecular flexibility index (Phi) is 6.96. The van der Waals surface area contributed by atoms with Gasteiger partial charge in [0.1, 0.15) is 12.6 Å². The topological polar surface area (TPSA) is 105 Å². The zero-order valence-corrected chi connectivity index (χ0v) is 18.8. The predicted octanol–water partition coefficient (Wildman–Crippen LogP) is 4.06. The molecule has 3 atom stereocenters. The number of fused-ring (bicyclic) bond motifs is 3. The smallest absolute Gasteiger partial charge is 0.407 e. The number of hydrogen-bond donors (Lipinski definition) is 3. The Hall–Kier alpha value is -3.35. The number of carboxylic acid groups (broad SMARTS) is 1. The summed E-state index contributed by atoms with van der Waals surface area (Å²) in [5.41, 5.74) is 4.67. The van der Waals surface area contributed by atoms with Crippen molar-refractivity contribution in [2.45, 2.75) is 57.0 Å². The fourth-order valence-electron chi connectivity index (χ4n) is 4.99. The number of carbonyl (C=O) groups excluding carboxylic acids is 2. The van der Waals surface area contributed by atoms with E-state index in [1.807, 2.05) is 24.3 Å². The van der Waals surface area contributed by atoms with E-state index < -0.39 is 18.1 Å². The summed E-state index contributed by atoms with van der Waals surface area (Å²) in [6.07, 6.45) is 2.56. The molecule has 3 N–H and O–H groups in total. The highest BCUT2D eigenvalue weighted by Gasteiger charge is 2.32. The van der Waals surface area contributed by atoms with Crippen LogP contribution >= 0.6 is 0 Å². The van der Waals surface area contributed by atoms with Gasteiger partial charge in [-0.3, -0.25) is 4.79 Å². The Labute approximate surface area is 193 Å². The number of nitrogens with one attached hydrogen (secondary N) is 2. The van der Waals surface area contributed by atoms with Crippen LogP contribution in [0.25, 0.3) is 11.1 Å². The molecule has 2 aromatic rings. The number of alkyl carbamates (subject to hydrolysis) is 1. The molecule has 1 saturated carbocycles. The lowest BCUT2D eigenvalue weighted by Crippen LogP contribution is -2.47. The first-order chi connectivity index (χ1) is 16.0. The highest BCUT2D eigenvalue weighted by molar-refractivity contribution is 5.85. The zero-order valence-electron chi connectivity index (χ0n) is 18.8. The van der Waals surface area contributed by atoms with Crippen molar-refractivity contribution >= 4 is 18.0 Å². The minimum Gasteiger partial charge on any atom is -0.480 e. The van der Waals surface area contributed by atoms with Crippen LogP contribution in [0.4, 0.5) is 4.79 Å². The van der Waals surface area contributed by atoms with E-state index in [4.69, 9.17) is 4.74 Å². The first-order valence-corrected chi connectivity index (χ1v) is 11.6. The van der Waals surface area contributed by atoms with Crippen molar-refractivity contribution in [1.82, 2.24) is 10.6 Å². The lowest BCUT2D eigenvalue weighted by molar-refractivity contribution is -0.142. The Morgan fingerprint density at radius 3 is 2.27 bits per heavy atom. The largest absolute Gasteiger partial charge is 0.480 e. The molecule has 0 spiro atoms. The second-order valence-corrected chi connectivity index (χ2v) is 8.84. The summed E-state index contributed by atoms with van der Waals surface area (Å²) in [7, 11) is 0. The maximum absolute atomic E-state index is 12.6. The normalized spacial score (nSPS) is 20.3. The van der Waals surface area contributed by atoms with Crippen LogP contribution in [0.15, 0.2) is 48.5 Å². The van der Waals surface area contributed by atoms with Gasteiger partial charge in [0, 0.05) is 17.9 Å². The highest BCUT2D eigenvalue weighted by Crippen LogP contribution is 2.44. The molecular formula is C26H30N2O5. The number of carboxylic acids is 1. The SMILES string of the molecule is CC[C@@H](NC(=O)[C@@H]1CCC[C@H](NC(=O)OCC2c3ccccc3-c3ccccc32)C1)C(=O)O. The lowest BCUT2D eigenvalue weighted by Gasteiger charge is -2.29. The lowest BCUT2D eigenvalue weighted by atomic mass is 9.85. The van der Waals surface area contributed by atoms with E-state index in [0.29, 0.717) is 19.3 Å². The Bertz CT molecular complexity index is 991. The number of hydrogen-bond acceptors (Lipinski definition) is 4. The molecule has 4 rings (SSSR count). The predicted molar refractivity (Wildman–Crippen MR) is 124 cm³/mol. The summed E-state index contributed by atoms with van der Waals surface area (Å²) in [5.74, 6) is -1.61. The van der Waals surface area contributed by atoms with E-state index in [1.165, 1.54) is 11.1 Å². The summed E-state index contributed by atoms with van der Waals surface area (Å²) in [6, 6.07) is 15.3. The van der Waals surface area contributed by atoms with Crippen LogP contribution in [0.2, 0.25) is 0 Å². The monoisotopic (exact) mass is 450 g/mol. The fraction of sp³-hybridized carbons (Fsp3) is 0.423. The van der Waals surface area contributed by atoms with Crippen molar-refractivity contribution in [2.24, 2.45) is 5.92 Å². The molecule has 0 aliphatic heterocycles. The van der Waals surface area contributed by atoms with Gasteiger partial charge in [0.05, 0.1) is 0 Å². The average molecular weight is 451 g/mol. The van der Waals surface area contributed by atoms with Gasteiger partial charge in [-0.05, 0) is 47.9 Å². The third-order valence-corrected chi connectivity index (χ3v) is 6.73. The molecule has 2 aliphatic rings. The number of rotatable bonds is 7. The Morgan fingerprint density at radius 1 is 1.03 bits per heavy atom. The van der Waals surface area contributed by atoms with Gasteiger partial charge in [0.2, 0.25) is 5.91 Å². The summed E-state index contributed by atoms with van der Waals surface area (Å²) >= 11 is 0. The molecule has 0 saturated heterocycles. The van der Waals surface area contributed by atoms with Crippen LogP contribution in [0.3, 0.4) is 0 Å². The summed E-state index contributed by atoms with van der Waals surface area (Å²) in [6.45, 7) is 1.97. The van der Waals surface area contributed by atoms with E-state index in [-0.39, 0.29) is 30.4 Å². The van der Waals surface area contributed by atoms with Gasteiger partial charge < -0.3 is 20.5 Å². The third-order valence-electron chi connectivity index (χ3n) is 6.73. The van der Waals surface area contributed by atoms with Gasteiger partial charge in [0.15, 0.2) is 0 Å². The molecule has 7 heteroatoms. The van der Waals surface area contributed by atoms with Crippen molar-refractivity contribution in [1.29, 1.82) is 0 Å². The van der Waals surface area contributed by atoms with E-state index >= 15 is 0 Å². The van der Waals surface area contributed by atoms with Crippen molar-refractivity contribution < 1.29 is 24.2 Å². The second-order valence-electron chi connectivity index (χ2n) is 8.84. The molecule has 0 bridgehead atoms. The van der Waals surface area contributed by atoms with Crippen molar-refractivity contribution in [3.63, 3.8) is 0 Å². The molecule has 7 nitrogen and oxygen atoms in total. The molecule has 2 aliphatic carbocycles. The number of carbonyl (C=O) groups is 3. The Balaban J connectivity index is 1.32. The zero-order chi connectivity index (χ0) is 23.4. The van der Waals surface area contributed by atoms with Crippen molar-refractivity contribution in [3.05, 3.63) is 59.7 Å². The van der Waals surface area contributed by atoms with Crippen LogP contribution < -0.4 is 10.6 Å². The van der Waals surface area contributed by atoms with Crippen LogP contribution in [-0.4, -0.2) is 41.8 Å². The fourth-order valence-corrected chi connectivity index (χ4v) is 4.99. The summed E-state index contributed by atoms with van der Waals surface area (Å²) < 4.78 is 5.62.